The normalized spacial score (nSPS) is 37.3. The number of rotatable bonds is 1. The van der Waals surface area contributed by atoms with Gasteiger partial charge >= 0.3 is 12.2 Å². The Kier molecular flexibility index (Phi) is 2.80. The lowest BCUT2D eigenvalue weighted by molar-refractivity contribution is -0.191. The number of aliphatic hydroxyl groups is 1. The summed E-state index contributed by atoms with van der Waals surface area (Å²) in [5.74, 6) is -1.34. The lowest BCUT2D eigenvalue weighted by Crippen LogP contribution is -2.56. The van der Waals surface area contributed by atoms with Crippen molar-refractivity contribution >= 4 is 11.9 Å². The van der Waals surface area contributed by atoms with Crippen molar-refractivity contribution < 1.29 is 27.9 Å². The van der Waals surface area contributed by atoms with Gasteiger partial charge in [-0.3, -0.25) is 9.69 Å². The fourth-order valence-corrected chi connectivity index (χ4v) is 2.38. The van der Waals surface area contributed by atoms with Crippen LogP contribution in [0.4, 0.5) is 18.0 Å². The Balaban J connectivity index is 2.30. The molecule has 0 aromatic carbocycles. The molecular weight excluding hydrogens is 253 g/mol. The highest BCUT2D eigenvalue weighted by Gasteiger charge is 2.65. The summed E-state index contributed by atoms with van der Waals surface area (Å²) in [5.41, 5.74) is -2.90. The van der Waals surface area contributed by atoms with E-state index in [2.05, 4.69) is 0 Å². The third-order valence-electron chi connectivity index (χ3n) is 3.56. The van der Waals surface area contributed by atoms with E-state index in [1.807, 2.05) is 0 Å². The number of imide groups is 1. The van der Waals surface area contributed by atoms with Gasteiger partial charge in [-0.25, -0.2) is 4.79 Å². The molecule has 1 saturated heterocycles. The Morgan fingerprint density at radius 3 is 2.39 bits per heavy atom. The molecule has 0 aromatic heterocycles. The summed E-state index contributed by atoms with van der Waals surface area (Å²) in [6.45, 7) is 0.633. The van der Waals surface area contributed by atoms with Crippen molar-refractivity contribution in [3.8, 4) is 0 Å². The predicted octanol–water partition coefficient (Wildman–Crippen LogP) is 0.773. The van der Waals surface area contributed by atoms with E-state index >= 15 is 0 Å². The largest absolute Gasteiger partial charge is 0.420 e. The second kappa shape index (κ2) is 3.84. The SMILES string of the molecule is CC1(C(F)(F)F)NC(=O)N([C@H]2CCC[C@@H]2O)C1=O. The predicted molar refractivity (Wildman–Crippen MR) is 53.5 cm³/mol. The maximum absolute atomic E-state index is 12.8. The Morgan fingerprint density at radius 2 is 2.00 bits per heavy atom. The number of hydrogen-bond acceptors (Lipinski definition) is 3. The van der Waals surface area contributed by atoms with Crippen LogP contribution in [-0.2, 0) is 4.79 Å². The summed E-state index contributed by atoms with van der Waals surface area (Å²) in [6, 6.07) is -1.95. The first-order valence-corrected chi connectivity index (χ1v) is 5.59. The zero-order valence-corrected chi connectivity index (χ0v) is 9.62. The Labute approximate surface area is 101 Å². The van der Waals surface area contributed by atoms with Gasteiger partial charge in [-0.2, -0.15) is 13.2 Å². The highest BCUT2D eigenvalue weighted by Crippen LogP contribution is 2.38. The lowest BCUT2D eigenvalue weighted by Gasteiger charge is -2.27. The molecule has 1 aliphatic heterocycles. The summed E-state index contributed by atoms with van der Waals surface area (Å²) >= 11 is 0. The Hall–Kier alpha value is -1.31. The molecule has 3 atom stereocenters. The smallest absolute Gasteiger partial charge is 0.391 e. The molecule has 2 fully saturated rings. The molecule has 18 heavy (non-hydrogen) atoms. The first-order valence-electron chi connectivity index (χ1n) is 5.59. The van der Waals surface area contributed by atoms with Crippen LogP contribution in [0.3, 0.4) is 0 Å². The molecule has 5 nitrogen and oxygen atoms in total. The molecule has 0 radical (unpaired) electrons. The Morgan fingerprint density at radius 1 is 1.39 bits per heavy atom. The van der Waals surface area contributed by atoms with Gasteiger partial charge in [0.05, 0.1) is 12.1 Å². The van der Waals surface area contributed by atoms with Gasteiger partial charge in [0.25, 0.3) is 5.91 Å². The summed E-state index contributed by atoms with van der Waals surface area (Å²) in [5, 5.41) is 11.3. The number of carbonyl (C=O) groups excluding carboxylic acids is 2. The van der Waals surface area contributed by atoms with E-state index in [0.29, 0.717) is 31.1 Å². The number of alkyl halides is 3. The van der Waals surface area contributed by atoms with Crippen LogP contribution in [0, 0.1) is 0 Å². The van der Waals surface area contributed by atoms with E-state index in [1.54, 1.807) is 5.32 Å². The van der Waals surface area contributed by atoms with Crippen molar-refractivity contribution in [2.24, 2.45) is 0 Å². The number of nitrogens with zero attached hydrogens (tertiary/aromatic N) is 1. The third kappa shape index (κ3) is 1.66. The van der Waals surface area contributed by atoms with Crippen LogP contribution in [0.2, 0.25) is 0 Å². The molecule has 0 bridgehead atoms. The number of nitrogens with one attached hydrogen (secondary N) is 1. The van der Waals surface area contributed by atoms with Gasteiger partial charge in [-0.15, -0.1) is 0 Å². The van der Waals surface area contributed by atoms with Gasteiger partial charge in [0.15, 0.2) is 0 Å². The molecule has 2 N–H and O–H groups in total. The molecule has 1 heterocycles. The number of amides is 3. The summed E-state index contributed by atoms with van der Waals surface area (Å²) in [4.78, 5) is 23.9. The van der Waals surface area contributed by atoms with Crippen LogP contribution < -0.4 is 5.32 Å². The average molecular weight is 266 g/mol. The van der Waals surface area contributed by atoms with Crippen LogP contribution in [0.25, 0.3) is 0 Å². The number of aliphatic hydroxyl groups excluding tert-OH is 1. The molecule has 2 aliphatic rings. The van der Waals surface area contributed by atoms with Crippen molar-refractivity contribution in [1.29, 1.82) is 0 Å². The van der Waals surface area contributed by atoms with Crippen molar-refractivity contribution in [3.05, 3.63) is 0 Å². The summed E-state index contributed by atoms with van der Waals surface area (Å²) in [7, 11) is 0. The van der Waals surface area contributed by atoms with Gasteiger partial charge in [0.2, 0.25) is 5.54 Å². The van der Waals surface area contributed by atoms with Crippen LogP contribution >= 0.6 is 0 Å². The molecule has 0 aromatic rings. The molecule has 0 spiro atoms. The van der Waals surface area contributed by atoms with Crippen molar-refractivity contribution in [1.82, 2.24) is 10.2 Å². The van der Waals surface area contributed by atoms with Crippen molar-refractivity contribution in [2.75, 3.05) is 0 Å². The van der Waals surface area contributed by atoms with E-state index in [9.17, 15) is 27.9 Å². The standard InChI is InChI=1S/C10H13F3N2O3/c1-9(10(11,12)13)7(17)15(8(18)14-9)5-3-2-4-6(5)16/h5-6,16H,2-4H2,1H3,(H,14,18)/t5-,6-,9?/m0/s1. The highest BCUT2D eigenvalue weighted by atomic mass is 19.4. The second-order valence-electron chi connectivity index (χ2n) is 4.79. The van der Waals surface area contributed by atoms with Gasteiger partial charge < -0.3 is 10.4 Å². The summed E-state index contributed by atoms with van der Waals surface area (Å²) in [6.07, 6.45) is -4.53. The van der Waals surface area contributed by atoms with Crippen LogP contribution in [-0.4, -0.2) is 45.8 Å². The van der Waals surface area contributed by atoms with Crippen LogP contribution in [0.5, 0.6) is 0 Å². The minimum atomic E-state index is -4.86. The number of halogens is 3. The average Bonchev–Trinajstić information content (AvgIpc) is 2.71. The molecule has 1 saturated carbocycles. The second-order valence-corrected chi connectivity index (χ2v) is 4.79. The Bertz CT molecular complexity index is 398. The van der Waals surface area contributed by atoms with Crippen molar-refractivity contribution in [3.63, 3.8) is 0 Å². The third-order valence-corrected chi connectivity index (χ3v) is 3.56. The number of hydrogen-bond donors (Lipinski definition) is 2. The molecule has 102 valence electrons. The van der Waals surface area contributed by atoms with Gasteiger partial charge in [0.1, 0.15) is 0 Å². The molecule has 8 heteroatoms. The van der Waals surface area contributed by atoms with E-state index in [1.165, 1.54) is 0 Å². The van der Waals surface area contributed by atoms with E-state index in [0.717, 1.165) is 0 Å². The first-order chi connectivity index (χ1) is 8.18. The zero-order chi connectivity index (χ0) is 13.7. The number of urea groups is 1. The fourth-order valence-electron chi connectivity index (χ4n) is 2.38. The maximum atomic E-state index is 12.8. The number of carbonyl (C=O) groups is 2. The maximum Gasteiger partial charge on any atom is 0.420 e. The van der Waals surface area contributed by atoms with Crippen LogP contribution in [0.15, 0.2) is 0 Å². The zero-order valence-electron chi connectivity index (χ0n) is 9.62. The van der Waals surface area contributed by atoms with Gasteiger partial charge in [0, 0.05) is 0 Å². The minimum Gasteiger partial charge on any atom is -0.391 e. The monoisotopic (exact) mass is 266 g/mol. The van der Waals surface area contributed by atoms with E-state index in [-0.39, 0.29) is 0 Å². The molecule has 3 amide bonds. The molecule has 1 unspecified atom stereocenters. The molecule has 2 rings (SSSR count). The molecule has 1 aliphatic carbocycles. The van der Waals surface area contributed by atoms with Crippen molar-refractivity contribution in [2.45, 2.75) is 50.0 Å². The topological polar surface area (TPSA) is 69.6 Å². The quantitative estimate of drug-likeness (QED) is 0.689. The van der Waals surface area contributed by atoms with Gasteiger partial charge in [-0.05, 0) is 26.2 Å². The minimum absolute atomic E-state index is 0.328. The molecular formula is C10H13F3N2O3. The highest BCUT2D eigenvalue weighted by molar-refractivity contribution is 6.07. The van der Waals surface area contributed by atoms with Gasteiger partial charge in [-0.1, -0.05) is 0 Å². The summed E-state index contributed by atoms with van der Waals surface area (Å²) < 4.78 is 38.4. The van der Waals surface area contributed by atoms with Crippen LogP contribution in [0.1, 0.15) is 26.2 Å². The first kappa shape index (κ1) is 13.1. The lowest BCUT2D eigenvalue weighted by atomic mass is 10.0. The van der Waals surface area contributed by atoms with E-state index < -0.39 is 35.8 Å². The fraction of sp³-hybridized carbons (Fsp3) is 0.800. The van der Waals surface area contributed by atoms with E-state index in [4.69, 9.17) is 0 Å².